The number of aromatic nitrogens is 1. The summed E-state index contributed by atoms with van der Waals surface area (Å²) in [4.78, 5) is 27.7. The van der Waals surface area contributed by atoms with Crippen LogP contribution in [0.15, 0.2) is 72.8 Å². The minimum absolute atomic E-state index is 0.0891. The van der Waals surface area contributed by atoms with Gasteiger partial charge in [0.2, 0.25) is 0 Å². The highest BCUT2D eigenvalue weighted by atomic mass is 16.1. The number of pyridine rings is 1. The fourth-order valence-electron chi connectivity index (χ4n) is 5.43. The van der Waals surface area contributed by atoms with Gasteiger partial charge in [0.1, 0.15) is 0 Å². The molecule has 0 saturated heterocycles. The van der Waals surface area contributed by atoms with Crippen molar-refractivity contribution in [2.75, 3.05) is 0 Å². The second-order valence-corrected chi connectivity index (χ2v) is 8.73. The lowest BCUT2D eigenvalue weighted by atomic mass is 9.92. The van der Waals surface area contributed by atoms with Crippen molar-refractivity contribution in [1.82, 2.24) is 4.40 Å². The molecule has 0 fully saturated rings. The first kappa shape index (κ1) is 19.0. The van der Waals surface area contributed by atoms with Crippen molar-refractivity contribution in [3.05, 3.63) is 112 Å². The fourth-order valence-corrected chi connectivity index (χ4v) is 5.43. The van der Waals surface area contributed by atoms with Gasteiger partial charge in [-0.25, -0.2) is 0 Å². The van der Waals surface area contributed by atoms with Gasteiger partial charge in [-0.3, -0.25) is 9.59 Å². The van der Waals surface area contributed by atoms with E-state index in [2.05, 4.69) is 17.4 Å². The van der Waals surface area contributed by atoms with Crippen molar-refractivity contribution in [3.63, 3.8) is 0 Å². The Hall–Kier alpha value is -3.72. The smallest absolute Gasteiger partial charge is 0.195 e. The first-order valence-electron chi connectivity index (χ1n) is 11.3. The molecule has 3 heteroatoms. The second kappa shape index (κ2) is 7.16. The Balaban J connectivity index is 1.74. The van der Waals surface area contributed by atoms with Gasteiger partial charge in [0.15, 0.2) is 11.6 Å². The third-order valence-electron chi connectivity index (χ3n) is 6.92. The van der Waals surface area contributed by atoms with Crippen LogP contribution >= 0.6 is 0 Å². The van der Waals surface area contributed by atoms with Crippen molar-refractivity contribution in [1.29, 1.82) is 0 Å². The number of carbonyl (C=O) groups is 2. The van der Waals surface area contributed by atoms with Crippen molar-refractivity contribution in [2.45, 2.75) is 32.6 Å². The van der Waals surface area contributed by atoms with Crippen LogP contribution in [-0.2, 0) is 12.8 Å². The predicted octanol–water partition coefficient (Wildman–Crippen LogP) is 6.18. The molecular formula is C29H23NO2. The van der Waals surface area contributed by atoms with Crippen molar-refractivity contribution >= 4 is 28.1 Å². The lowest BCUT2D eigenvalue weighted by Gasteiger charge is -2.08. The minimum Gasteiger partial charge on any atom is -0.308 e. The largest absolute Gasteiger partial charge is 0.308 e. The normalized spacial score (nSPS) is 13.5. The predicted molar refractivity (Wildman–Crippen MR) is 127 cm³/mol. The van der Waals surface area contributed by atoms with E-state index >= 15 is 0 Å². The van der Waals surface area contributed by atoms with Crippen molar-refractivity contribution in [2.24, 2.45) is 0 Å². The van der Waals surface area contributed by atoms with Gasteiger partial charge >= 0.3 is 0 Å². The third kappa shape index (κ3) is 2.61. The van der Waals surface area contributed by atoms with Crippen LogP contribution in [0.1, 0.15) is 61.4 Å². The Bertz CT molecular complexity index is 1490. The summed E-state index contributed by atoms with van der Waals surface area (Å²) in [6, 6.07) is 22.8. The Morgan fingerprint density at radius 1 is 0.688 bits per heavy atom. The maximum atomic E-state index is 13.9. The zero-order chi connectivity index (χ0) is 21.8. The molecule has 0 saturated carbocycles. The van der Waals surface area contributed by atoms with Crippen molar-refractivity contribution in [3.8, 4) is 0 Å². The van der Waals surface area contributed by atoms with Gasteiger partial charge in [-0.1, -0.05) is 66.7 Å². The van der Waals surface area contributed by atoms with Crippen LogP contribution in [0.2, 0.25) is 0 Å². The molecule has 1 aliphatic carbocycles. The van der Waals surface area contributed by atoms with E-state index in [9.17, 15) is 9.59 Å². The molecule has 5 aromatic rings. The number of aryl methyl sites for hydroxylation is 3. The molecule has 3 aromatic heterocycles. The topological polar surface area (TPSA) is 38.5 Å². The molecule has 0 aliphatic heterocycles. The van der Waals surface area contributed by atoms with Crippen LogP contribution in [0.4, 0.5) is 0 Å². The molecule has 0 radical (unpaired) electrons. The Morgan fingerprint density at radius 2 is 1.28 bits per heavy atom. The summed E-state index contributed by atoms with van der Waals surface area (Å²) < 4.78 is 2.21. The molecule has 32 heavy (non-hydrogen) atoms. The molecule has 3 heterocycles. The molecule has 0 N–H and O–H groups in total. The van der Waals surface area contributed by atoms with Gasteiger partial charge in [-0.2, -0.15) is 0 Å². The number of benzene rings is 2. The molecule has 3 nitrogen and oxygen atoms in total. The summed E-state index contributed by atoms with van der Waals surface area (Å²) in [5, 5.41) is 0. The monoisotopic (exact) mass is 417 g/mol. The van der Waals surface area contributed by atoms with E-state index in [1.807, 2.05) is 66.7 Å². The summed E-state index contributed by atoms with van der Waals surface area (Å²) in [5.74, 6) is -0.188. The Labute approximate surface area is 186 Å². The molecule has 0 amide bonds. The molecule has 0 unspecified atom stereocenters. The highest BCUT2D eigenvalue weighted by molar-refractivity contribution is 6.27. The molecule has 0 atom stereocenters. The quantitative estimate of drug-likeness (QED) is 0.328. The van der Waals surface area contributed by atoms with E-state index in [0.29, 0.717) is 22.3 Å². The van der Waals surface area contributed by atoms with Gasteiger partial charge in [-0.05, 0) is 55.4 Å². The number of carbonyl (C=O) groups excluding carboxylic acids is 2. The van der Waals surface area contributed by atoms with E-state index < -0.39 is 0 Å². The van der Waals surface area contributed by atoms with Crippen molar-refractivity contribution < 1.29 is 9.59 Å². The molecule has 2 aromatic carbocycles. The highest BCUT2D eigenvalue weighted by Crippen LogP contribution is 2.40. The standard InChI is InChI=1S/C29H23NO2/c1-18-22-15-9-8-10-19-16-17-23-24(28(31)20-11-4-2-5-12-20)25(26(18)30(23)27(19)22)29(32)21-13-6-3-7-14-21/h2-7,11-14,16-17H,8-10,15H2,1H3. The minimum atomic E-state index is -0.0987. The van der Waals surface area contributed by atoms with Gasteiger partial charge in [0.25, 0.3) is 0 Å². The SMILES string of the molecule is Cc1c2c3c(ccc4c(C(=O)c5ccccc5)c(C(=O)c5ccccc5)c1n43)CCCC2. The molecule has 0 bridgehead atoms. The molecular weight excluding hydrogens is 394 g/mol. The maximum absolute atomic E-state index is 13.9. The number of nitrogens with zero attached hydrogens (tertiary/aromatic N) is 1. The van der Waals surface area contributed by atoms with Gasteiger partial charge in [0.05, 0.1) is 27.7 Å². The summed E-state index contributed by atoms with van der Waals surface area (Å²) in [5.41, 5.74) is 9.00. The number of rotatable bonds is 4. The van der Waals surface area contributed by atoms with Crippen LogP contribution in [-0.4, -0.2) is 16.0 Å². The molecule has 1 aliphatic rings. The van der Waals surface area contributed by atoms with Gasteiger partial charge in [0, 0.05) is 11.1 Å². The lowest BCUT2D eigenvalue weighted by molar-refractivity contribution is 0.101. The van der Waals surface area contributed by atoms with Crippen LogP contribution < -0.4 is 0 Å². The lowest BCUT2D eigenvalue weighted by Crippen LogP contribution is -2.10. The third-order valence-corrected chi connectivity index (χ3v) is 6.92. The molecule has 6 rings (SSSR count). The first-order valence-corrected chi connectivity index (χ1v) is 11.3. The second-order valence-electron chi connectivity index (χ2n) is 8.73. The average molecular weight is 418 g/mol. The maximum Gasteiger partial charge on any atom is 0.195 e. The van der Waals surface area contributed by atoms with E-state index in [4.69, 9.17) is 0 Å². The number of ketones is 2. The average Bonchev–Trinajstić information content (AvgIpc) is 3.23. The van der Waals surface area contributed by atoms with Gasteiger partial charge < -0.3 is 4.40 Å². The summed E-state index contributed by atoms with van der Waals surface area (Å²) in [7, 11) is 0. The van der Waals surface area contributed by atoms with E-state index in [1.165, 1.54) is 16.6 Å². The Morgan fingerprint density at radius 3 is 1.94 bits per heavy atom. The molecule has 156 valence electrons. The van der Waals surface area contributed by atoms with Crippen LogP contribution in [0, 0.1) is 6.92 Å². The summed E-state index contributed by atoms with van der Waals surface area (Å²) in [6.07, 6.45) is 4.35. The molecule has 0 spiro atoms. The summed E-state index contributed by atoms with van der Waals surface area (Å²) in [6.45, 7) is 2.12. The van der Waals surface area contributed by atoms with Crippen LogP contribution in [0.25, 0.3) is 16.6 Å². The fraction of sp³-hybridized carbons (Fsp3) is 0.172. The van der Waals surface area contributed by atoms with E-state index in [-0.39, 0.29) is 11.6 Å². The first-order chi connectivity index (χ1) is 15.7. The number of hydrogen-bond acceptors (Lipinski definition) is 2. The van der Waals surface area contributed by atoms with Crippen LogP contribution in [0.3, 0.4) is 0 Å². The highest BCUT2D eigenvalue weighted by Gasteiger charge is 2.32. The summed E-state index contributed by atoms with van der Waals surface area (Å²) >= 11 is 0. The Kier molecular flexibility index (Phi) is 4.25. The zero-order valence-electron chi connectivity index (χ0n) is 18.0. The number of hydrogen-bond donors (Lipinski definition) is 0. The zero-order valence-corrected chi connectivity index (χ0v) is 18.0. The van der Waals surface area contributed by atoms with Gasteiger partial charge in [-0.15, -0.1) is 0 Å². The van der Waals surface area contributed by atoms with Crippen LogP contribution in [0.5, 0.6) is 0 Å². The van der Waals surface area contributed by atoms with E-state index in [0.717, 1.165) is 42.3 Å². The van der Waals surface area contributed by atoms with E-state index in [1.54, 1.807) is 0 Å².